The maximum atomic E-state index is 5.38. The first kappa shape index (κ1) is 13.7. The predicted octanol–water partition coefficient (Wildman–Crippen LogP) is 1.99. The summed E-state index contributed by atoms with van der Waals surface area (Å²) in [6, 6.07) is 4.26. The lowest BCUT2D eigenvalue weighted by atomic mass is 10.1. The first-order chi connectivity index (χ1) is 9.31. The molecular formula is C14H20N4O. The molecule has 0 aliphatic rings. The molecule has 2 rings (SSSR count). The Labute approximate surface area is 113 Å². The van der Waals surface area contributed by atoms with Crippen molar-refractivity contribution in [2.45, 2.75) is 26.4 Å². The van der Waals surface area contributed by atoms with Crippen molar-refractivity contribution >= 4 is 0 Å². The molecule has 0 aliphatic heterocycles. The van der Waals surface area contributed by atoms with Crippen molar-refractivity contribution in [1.82, 2.24) is 20.5 Å². The Kier molecular flexibility index (Phi) is 5.06. The van der Waals surface area contributed by atoms with Gasteiger partial charge in [0.25, 0.3) is 0 Å². The van der Waals surface area contributed by atoms with E-state index in [2.05, 4.69) is 27.4 Å². The second-order valence-corrected chi connectivity index (χ2v) is 4.45. The molecule has 0 amide bonds. The zero-order valence-corrected chi connectivity index (χ0v) is 11.4. The average Bonchev–Trinajstić information content (AvgIpc) is 2.92. The van der Waals surface area contributed by atoms with Crippen LogP contribution in [0.15, 0.2) is 30.7 Å². The standard InChI is InChI=1S/C14H20N4O/c1-3-19-10-11(2)16-8-13-9-17-18-14(13)12-5-4-6-15-7-12/h4-7,9,11,16H,3,8,10H2,1-2H3,(H,17,18). The van der Waals surface area contributed by atoms with Crippen molar-refractivity contribution in [3.8, 4) is 11.3 Å². The van der Waals surface area contributed by atoms with E-state index in [-0.39, 0.29) is 0 Å². The SMILES string of the molecule is CCOCC(C)NCc1cn[nH]c1-c1cccnc1. The van der Waals surface area contributed by atoms with Crippen molar-refractivity contribution in [3.05, 3.63) is 36.3 Å². The Bertz CT molecular complexity index is 483. The lowest BCUT2D eigenvalue weighted by molar-refractivity contribution is 0.127. The summed E-state index contributed by atoms with van der Waals surface area (Å²) >= 11 is 0. The van der Waals surface area contributed by atoms with Crippen LogP contribution in [-0.2, 0) is 11.3 Å². The molecule has 0 aromatic carbocycles. The van der Waals surface area contributed by atoms with Crippen molar-refractivity contribution in [2.24, 2.45) is 0 Å². The second-order valence-electron chi connectivity index (χ2n) is 4.45. The van der Waals surface area contributed by atoms with Gasteiger partial charge in [-0.1, -0.05) is 0 Å². The highest BCUT2D eigenvalue weighted by Gasteiger charge is 2.09. The summed E-state index contributed by atoms with van der Waals surface area (Å²) in [6.45, 7) is 6.34. The van der Waals surface area contributed by atoms with E-state index in [0.29, 0.717) is 6.04 Å². The molecule has 1 unspecified atom stereocenters. The molecule has 2 N–H and O–H groups in total. The first-order valence-electron chi connectivity index (χ1n) is 6.55. The molecule has 5 heteroatoms. The monoisotopic (exact) mass is 260 g/mol. The van der Waals surface area contributed by atoms with Crippen molar-refractivity contribution in [2.75, 3.05) is 13.2 Å². The van der Waals surface area contributed by atoms with Crippen LogP contribution in [0.25, 0.3) is 11.3 Å². The van der Waals surface area contributed by atoms with Crippen LogP contribution >= 0.6 is 0 Å². The molecule has 2 aromatic rings. The zero-order valence-electron chi connectivity index (χ0n) is 11.4. The van der Waals surface area contributed by atoms with Gasteiger partial charge in [0.2, 0.25) is 0 Å². The lowest BCUT2D eigenvalue weighted by Gasteiger charge is -2.13. The van der Waals surface area contributed by atoms with Gasteiger partial charge in [0, 0.05) is 42.7 Å². The Hall–Kier alpha value is -1.72. The highest BCUT2D eigenvalue weighted by atomic mass is 16.5. The molecule has 0 radical (unpaired) electrons. The van der Waals surface area contributed by atoms with Crippen LogP contribution in [0.3, 0.4) is 0 Å². The zero-order chi connectivity index (χ0) is 13.5. The number of nitrogens with zero attached hydrogens (tertiary/aromatic N) is 2. The molecule has 0 bridgehead atoms. The quantitative estimate of drug-likeness (QED) is 0.799. The largest absolute Gasteiger partial charge is 0.380 e. The van der Waals surface area contributed by atoms with Gasteiger partial charge in [-0.15, -0.1) is 0 Å². The minimum atomic E-state index is 0.316. The summed E-state index contributed by atoms with van der Waals surface area (Å²) in [7, 11) is 0. The maximum Gasteiger partial charge on any atom is 0.0710 e. The van der Waals surface area contributed by atoms with Gasteiger partial charge in [-0.2, -0.15) is 5.10 Å². The number of nitrogens with one attached hydrogen (secondary N) is 2. The van der Waals surface area contributed by atoms with E-state index in [0.717, 1.165) is 36.6 Å². The highest BCUT2D eigenvalue weighted by molar-refractivity contribution is 5.61. The van der Waals surface area contributed by atoms with Crippen LogP contribution in [0.2, 0.25) is 0 Å². The minimum absolute atomic E-state index is 0.316. The number of pyridine rings is 1. The van der Waals surface area contributed by atoms with Crippen LogP contribution in [-0.4, -0.2) is 34.4 Å². The number of aromatic nitrogens is 3. The molecule has 2 heterocycles. The smallest absolute Gasteiger partial charge is 0.0710 e. The molecule has 19 heavy (non-hydrogen) atoms. The molecular weight excluding hydrogens is 240 g/mol. The fraction of sp³-hybridized carbons (Fsp3) is 0.429. The molecule has 102 valence electrons. The topological polar surface area (TPSA) is 62.8 Å². The van der Waals surface area contributed by atoms with E-state index < -0.39 is 0 Å². The first-order valence-corrected chi connectivity index (χ1v) is 6.55. The van der Waals surface area contributed by atoms with Crippen LogP contribution in [0.1, 0.15) is 19.4 Å². The van der Waals surface area contributed by atoms with Gasteiger partial charge in [0.1, 0.15) is 0 Å². The molecule has 0 fully saturated rings. The summed E-state index contributed by atoms with van der Waals surface area (Å²) in [5.74, 6) is 0. The minimum Gasteiger partial charge on any atom is -0.380 e. The molecule has 2 aromatic heterocycles. The highest BCUT2D eigenvalue weighted by Crippen LogP contribution is 2.19. The summed E-state index contributed by atoms with van der Waals surface area (Å²) in [6.07, 6.45) is 5.45. The van der Waals surface area contributed by atoms with E-state index in [1.807, 2.05) is 31.5 Å². The third kappa shape index (κ3) is 3.87. The lowest BCUT2D eigenvalue weighted by Crippen LogP contribution is -2.30. The Morgan fingerprint density at radius 2 is 2.32 bits per heavy atom. The fourth-order valence-electron chi connectivity index (χ4n) is 1.84. The van der Waals surface area contributed by atoms with Gasteiger partial charge in [0.15, 0.2) is 0 Å². The third-order valence-corrected chi connectivity index (χ3v) is 2.88. The van der Waals surface area contributed by atoms with Crippen molar-refractivity contribution in [3.63, 3.8) is 0 Å². The number of aromatic amines is 1. The molecule has 0 saturated heterocycles. The third-order valence-electron chi connectivity index (χ3n) is 2.88. The number of rotatable bonds is 7. The predicted molar refractivity (Wildman–Crippen MR) is 74.6 cm³/mol. The maximum absolute atomic E-state index is 5.38. The number of hydrogen-bond donors (Lipinski definition) is 2. The molecule has 0 saturated carbocycles. The fourth-order valence-corrected chi connectivity index (χ4v) is 1.84. The number of hydrogen-bond acceptors (Lipinski definition) is 4. The van der Waals surface area contributed by atoms with Gasteiger partial charge < -0.3 is 10.1 Å². The van der Waals surface area contributed by atoms with Crippen LogP contribution in [0, 0.1) is 0 Å². The van der Waals surface area contributed by atoms with Gasteiger partial charge in [-0.25, -0.2) is 0 Å². The molecule has 1 atom stereocenters. The molecule has 0 aliphatic carbocycles. The van der Waals surface area contributed by atoms with Crippen LogP contribution in [0.4, 0.5) is 0 Å². The van der Waals surface area contributed by atoms with E-state index in [1.54, 1.807) is 6.20 Å². The van der Waals surface area contributed by atoms with Crippen molar-refractivity contribution in [1.29, 1.82) is 0 Å². The summed E-state index contributed by atoms with van der Waals surface area (Å²) < 4.78 is 5.38. The second kappa shape index (κ2) is 7.01. The average molecular weight is 260 g/mol. The summed E-state index contributed by atoms with van der Waals surface area (Å²) in [4.78, 5) is 4.13. The van der Waals surface area contributed by atoms with E-state index in [4.69, 9.17) is 4.74 Å². The number of ether oxygens (including phenoxy) is 1. The Balaban J connectivity index is 1.97. The van der Waals surface area contributed by atoms with Crippen LogP contribution in [0.5, 0.6) is 0 Å². The Morgan fingerprint density at radius 3 is 3.05 bits per heavy atom. The van der Waals surface area contributed by atoms with Gasteiger partial charge in [0.05, 0.1) is 18.5 Å². The van der Waals surface area contributed by atoms with Gasteiger partial charge >= 0.3 is 0 Å². The normalized spacial score (nSPS) is 12.5. The van der Waals surface area contributed by atoms with Crippen molar-refractivity contribution < 1.29 is 4.74 Å². The van der Waals surface area contributed by atoms with E-state index in [1.165, 1.54) is 0 Å². The molecule has 5 nitrogen and oxygen atoms in total. The summed E-state index contributed by atoms with van der Waals surface area (Å²) in [5.41, 5.74) is 3.20. The van der Waals surface area contributed by atoms with E-state index >= 15 is 0 Å². The van der Waals surface area contributed by atoms with E-state index in [9.17, 15) is 0 Å². The molecule has 0 spiro atoms. The van der Waals surface area contributed by atoms with Gasteiger partial charge in [-0.3, -0.25) is 10.1 Å². The summed E-state index contributed by atoms with van der Waals surface area (Å²) in [5, 5.41) is 10.6. The Morgan fingerprint density at radius 1 is 1.42 bits per heavy atom. The van der Waals surface area contributed by atoms with Gasteiger partial charge in [-0.05, 0) is 26.0 Å². The number of H-pyrrole nitrogens is 1. The van der Waals surface area contributed by atoms with Crippen LogP contribution < -0.4 is 5.32 Å².